The van der Waals surface area contributed by atoms with Crippen LogP contribution in [0.4, 0.5) is 0 Å². The summed E-state index contributed by atoms with van der Waals surface area (Å²) in [6, 6.07) is 32.8. The molecule has 4 aromatic carbocycles. The number of methoxy groups -OCH3 is 1. The van der Waals surface area contributed by atoms with Gasteiger partial charge in [0.15, 0.2) is 0 Å². The van der Waals surface area contributed by atoms with E-state index in [0.717, 1.165) is 33.2 Å². The Kier molecular flexibility index (Phi) is 7.18. The molecule has 1 N–H and O–H groups in total. The number of benzene rings is 4. The lowest BCUT2D eigenvalue weighted by Crippen LogP contribution is -2.17. The average Bonchev–Trinajstić information content (AvgIpc) is 2.96. The Morgan fingerprint density at radius 1 is 0.865 bits per heavy atom. The quantitative estimate of drug-likeness (QED) is 0.207. The predicted octanol–water partition coefficient (Wildman–Crippen LogP) is 6.25. The minimum absolute atomic E-state index is 0.281. The molecule has 6 heteroatoms. The number of carbonyl (C=O) groups is 1. The molecule has 0 saturated heterocycles. The van der Waals surface area contributed by atoms with Gasteiger partial charge in [-0.05, 0) is 59.2 Å². The fraction of sp³-hybridized carbons (Fsp3) is 0.0645. The predicted molar refractivity (Wildman–Crippen MR) is 146 cm³/mol. The standard InChI is InChI=1S/C31H25N3O3/c1-36-28-17-12-22(19-27(28)21-37-29-11-5-9-25-10-6-18-32-30(25)29)20-33-34-31(35)26-15-13-24(14-16-26)23-7-3-2-4-8-23/h2-20H,21H2,1H3,(H,34,35)/b33-20-. The van der Waals surface area contributed by atoms with Crippen molar-refractivity contribution in [2.24, 2.45) is 5.10 Å². The number of nitrogens with one attached hydrogen (secondary N) is 1. The maximum absolute atomic E-state index is 12.5. The summed E-state index contributed by atoms with van der Waals surface area (Å²) in [5, 5.41) is 5.15. The second kappa shape index (κ2) is 11.2. The molecule has 0 fully saturated rings. The third kappa shape index (κ3) is 5.65. The van der Waals surface area contributed by atoms with Crippen LogP contribution in [0.25, 0.3) is 22.0 Å². The molecule has 182 valence electrons. The van der Waals surface area contributed by atoms with Crippen molar-refractivity contribution >= 4 is 23.0 Å². The van der Waals surface area contributed by atoms with Gasteiger partial charge in [0.25, 0.3) is 5.91 Å². The number of fused-ring (bicyclic) bond motifs is 1. The molecule has 0 spiro atoms. The van der Waals surface area contributed by atoms with Crippen LogP contribution >= 0.6 is 0 Å². The summed E-state index contributed by atoms with van der Waals surface area (Å²) in [5.74, 6) is 1.12. The van der Waals surface area contributed by atoms with E-state index in [-0.39, 0.29) is 5.91 Å². The van der Waals surface area contributed by atoms with Crippen molar-refractivity contribution in [2.45, 2.75) is 6.61 Å². The zero-order valence-electron chi connectivity index (χ0n) is 20.3. The molecule has 0 radical (unpaired) electrons. The monoisotopic (exact) mass is 487 g/mol. The first-order chi connectivity index (χ1) is 18.2. The first-order valence-electron chi connectivity index (χ1n) is 11.8. The third-order valence-corrected chi connectivity index (χ3v) is 5.92. The van der Waals surface area contributed by atoms with E-state index in [2.05, 4.69) is 15.5 Å². The lowest BCUT2D eigenvalue weighted by Gasteiger charge is -2.12. The van der Waals surface area contributed by atoms with Crippen LogP contribution in [0.2, 0.25) is 0 Å². The average molecular weight is 488 g/mol. The Morgan fingerprint density at radius 2 is 1.65 bits per heavy atom. The van der Waals surface area contributed by atoms with Crippen LogP contribution in [-0.4, -0.2) is 24.2 Å². The Labute approximate surface area is 215 Å². The number of para-hydroxylation sites is 1. The van der Waals surface area contributed by atoms with Gasteiger partial charge in [0, 0.05) is 22.7 Å². The minimum atomic E-state index is -0.281. The summed E-state index contributed by atoms with van der Waals surface area (Å²) >= 11 is 0. The number of hydrogen-bond donors (Lipinski definition) is 1. The van der Waals surface area contributed by atoms with Crippen molar-refractivity contribution in [3.05, 3.63) is 126 Å². The van der Waals surface area contributed by atoms with Gasteiger partial charge in [-0.15, -0.1) is 0 Å². The van der Waals surface area contributed by atoms with Gasteiger partial charge in [0.05, 0.1) is 13.3 Å². The number of hydrogen-bond acceptors (Lipinski definition) is 5. The highest BCUT2D eigenvalue weighted by molar-refractivity contribution is 5.95. The van der Waals surface area contributed by atoms with Gasteiger partial charge in [-0.3, -0.25) is 9.78 Å². The van der Waals surface area contributed by atoms with Gasteiger partial charge in [-0.25, -0.2) is 5.43 Å². The molecule has 1 aromatic heterocycles. The van der Waals surface area contributed by atoms with E-state index in [1.165, 1.54) is 0 Å². The molecule has 0 aliphatic heterocycles. The highest BCUT2D eigenvalue weighted by Gasteiger charge is 2.09. The van der Waals surface area contributed by atoms with Crippen molar-refractivity contribution in [1.29, 1.82) is 0 Å². The van der Waals surface area contributed by atoms with E-state index in [1.807, 2.05) is 91.0 Å². The lowest BCUT2D eigenvalue weighted by atomic mass is 10.0. The molecule has 1 amide bonds. The Balaban J connectivity index is 1.25. The number of carbonyl (C=O) groups excluding carboxylic acids is 1. The summed E-state index contributed by atoms with van der Waals surface area (Å²) in [7, 11) is 1.62. The highest BCUT2D eigenvalue weighted by Crippen LogP contribution is 2.26. The Morgan fingerprint density at radius 3 is 2.46 bits per heavy atom. The number of nitrogens with zero attached hydrogens (tertiary/aromatic N) is 2. The number of ether oxygens (including phenoxy) is 2. The van der Waals surface area contributed by atoms with Gasteiger partial charge in [-0.2, -0.15) is 5.10 Å². The molecule has 0 bridgehead atoms. The lowest BCUT2D eigenvalue weighted by molar-refractivity contribution is 0.0955. The number of hydrazone groups is 1. The van der Waals surface area contributed by atoms with E-state index in [0.29, 0.717) is 23.7 Å². The largest absolute Gasteiger partial charge is 0.496 e. The molecular formula is C31H25N3O3. The van der Waals surface area contributed by atoms with Crippen molar-refractivity contribution < 1.29 is 14.3 Å². The topological polar surface area (TPSA) is 72.8 Å². The van der Waals surface area contributed by atoms with Gasteiger partial charge in [0.2, 0.25) is 0 Å². The van der Waals surface area contributed by atoms with E-state index in [9.17, 15) is 4.79 Å². The van der Waals surface area contributed by atoms with Crippen LogP contribution < -0.4 is 14.9 Å². The van der Waals surface area contributed by atoms with Gasteiger partial charge in [-0.1, -0.05) is 60.7 Å². The number of pyridine rings is 1. The zero-order chi connectivity index (χ0) is 25.5. The Bertz CT molecular complexity index is 1540. The molecule has 0 saturated carbocycles. The number of rotatable bonds is 8. The maximum atomic E-state index is 12.5. The second-order valence-corrected chi connectivity index (χ2v) is 8.33. The van der Waals surface area contributed by atoms with Crippen LogP contribution in [0.15, 0.2) is 114 Å². The smallest absolute Gasteiger partial charge is 0.271 e. The molecule has 0 unspecified atom stereocenters. The molecule has 5 rings (SSSR count). The molecule has 37 heavy (non-hydrogen) atoms. The van der Waals surface area contributed by atoms with E-state index < -0.39 is 0 Å². The van der Waals surface area contributed by atoms with Crippen molar-refractivity contribution in [3.63, 3.8) is 0 Å². The van der Waals surface area contributed by atoms with Crippen molar-refractivity contribution in [2.75, 3.05) is 7.11 Å². The van der Waals surface area contributed by atoms with Crippen molar-refractivity contribution in [1.82, 2.24) is 10.4 Å². The number of amides is 1. The van der Waals surface area contributed by atoms with Crippen LogP contribution in [0, 0.1) is 0 Å². The molecule has 5 aromatic rings. The van der Waals surface area contributed by atoms with E-state index in [4.69, 9.17) is 9.47 Å². The van der Waals surface area contributed by atoms with Crippen LogP contribution in [-0.2, 0) is 6.61 Å². The Hall–Kier alpha value is -4.97. The van der Waals surface area contributed by atoms with Gasteiger partial charge < -0.3 is 9.47 Å². The van der Waals surface area contributed by atoms with E-state index in [1.54, 1.807) is 31.7 Å². The minimum Gasteiger partial charge on any atom is -0.496 e. The van der Waals surface area contributed by atoms with Crippen LogP contribution in [0.1, 0.15) is 21.5 Å². The molecule has 6 nitrogen and oxygen atoms in total. The second-order valence-electron chi connectivity index (χ2n) is 8.33. The van der Waals surface area contributed by atoms with E-state index >= 15 is 0 Å². The zero-order valence-corrected chi connectivity index (χ0v) is 20.3. The maximum Gasteiger partial charge on any atom is 0.271 e. The molecule has 1 heterocycles. The third-order valence-electron chi connectivity index (χ3n) is 5.92. The summed E-state index contributed by atoms with van der Waals surface area (Å²) in [6.07, 6.45) is 3.34. The first kappa shape index (κ1) is 23.8. The molecule has 0 aliphatic rings. The molecule has 0 aliphatic carbocycles. The van der Waals surface area contributed by atoms with Crippen LogP contribution in [0.3, 0.4) is 0 Å². The summed E-state index contributed by atoms with van der Waals surface area (Å²) in [5.41, 5.74) is 7.73. The summed E-state index contributed by atoms with van der Waals surface area (Å²) < 4.78 is 11.6. The normalized spacial score (nSPS) is 10.9. The summed E-state index contributed by atoms with van der Waals surface area (Å²) in [6.45, 7) is 0.292. The summed E-state index contributed by atoms with van der Waals surface area (Å²) in [4.78, 5) is 17.0. The molecular weight excluding hydrogens is 462 g/mol. The fourth-order valence-electron chi connectivity index (χ4n) is 4.01. The molecule has 0 atom stereocenters. The van der Waals surface area contributed by atoms with Crippen LogP contribution in [0.5, 0.6) is 11.5 Å². The van der Waals surface area contributed by atoms with Gasteiger partial charge >= 0.3 is 0 Å². The van der Waals surface area contributed by atoms with Crippen molar-refractivity contribution in [3.8, 4) is 22.6 Å². The van der Waals surface area contributed by atoms with Gasteiger partial charge in [0.1, 0.15) is 23.6 Å². The first-order valence-corrected chi connectivity index (χ1v) is 11.8. The number of aromatic nitrogens is 1. The fourth-order valence-corrected chi connectivity index (χ4v) is 4.01. The SMILES string of the molecule is COc1ccc(/C=N\NC(=O)c2ccc(-c3ccccc3)cc2)cc1COc1cccc2cccnc12. The highest BCUT2D eigenvalue weighted by atomic mass is 16.5.